The Bertz CT molecular complexity index is 577. The minimum atomic E-state index is -0.151. The van der Waals surface area contributed by atoms with Crippen molar-refractivity contribution in [3.05, 3.63) is 52.6 Å². The van der Waals surface area contributed by atoms with Crippen molar-refractivity contribution in [1.82, 2.24) is 9.55 Å². The van der Waals surface area contributed by atoms with Crippen molar-refractivity contribution in [2.24, 2.45) is 7.05 Å². The zero-order chi connectivity index (χ0) is 12.3. The van der Waals surface area contributed by atoms with Crippen LogP contribution in [0.4, 0.5) is 11.5 Å². The van der Waals surface area contributed by atoms with Crippen LogP contribution >= 0.6 is 0 Å². The van der Waals surface area contributed by atoms with Gasteiger partial charge in [-0.15, -0.1) is 0 Å². The first kappa shape index (κ1) is 11.2. The molecule has 0 fully saturated rings. The van der Waals surface area contributed by atoms with Crippen molar-refractivity contribution >= 4 is 11.5 Å². The van der Waals surface area contributed by atoms with E-state index in [1.165, 1.54) is 4.57 Å². The number of nitrogen functional groups attached to an aromatic ring is 1. The van der Waals surface area contributed by atoms with Crippen molar-refractivity contribution in [2.45, 2.75) is 6.54 Å². The minimum Gasteiger partial charge on any atom is -0.398 e. The van der Waals surface area contributed by atoms with E-state index in [1.807, 2.05) is 24.3 Å². The van der Waals surface area contributed by atoms with Gasteiger partial charge in [-0.1, -0.05) is 18.2 Å². The molecule has 0 atom stereocenters. The molecule has 88 valence electrons. The number of hydrogen-bond donors (Lipinski definition) is 2. The highest BCUT2D eigenvalue weighted by atomic mass is 16.1. The van der Waals surface area contributed by atoms with Gasteiger partial charge in [-0.05, 0) is 11.6 Å². The lowest BCUT2D eigenvalue weighted by atomic mass is 10.2. The molecule has 17 heavy (non-hydrogen) atoms. The molecular weight excluding hydrogens is 216 g/mol. The predicted molar refractivity (Wildman–Crippen MR) is 67.7 cm³/mol. The van der Waals surface area contributed by atoms with Gasteiger partial charge in [-0.25, -0.2) is 4.98 Å². The maximum atomic E-state index is 11.7. The summed E-state index contributed by atoms with van der Waals surface area (Å²) < 4.78 is 1.48. The molecule has 0 aliphatic heterocycles. The molecule has 5 heteroatoms. The maximum Gasteiger partial charge on any atom is 0.293 e. The molecule has 0 spiro atoms. The Kier molecular flexibility index (Phi) is 3.09. The lowest BCUT2D eigenvalue weighted by Gasteiger charge is -2.08. The summed E-state index contributed by atoms with van der Waals surface area (Å²) in [6, 6.07) is 7.52. The van der Waals surface area contributed by atoms with Crippen LogP contribution in [0.1, 0.15) is 5.56 Å². The van der Waals surface area contributed by atoms with Gasteiger partial charge in [-0.3, -0.25) is 4.79 Å². The van der Waals surface area contributed by atoms with Gasteiger partial charge in [-0.2, -0.15) is 0 Å². The molecule has 0 radical (unpaired) electrons. The van der Waals surface area contributed by atoms with E-state index in [0.717, 1.165) is 5.56 Å². The van der Waals surface area contributed by atoms with Crippen LogP contribution in [-0.4, -0.2) is 9.55 Å². The molecule has 0 amide bonds. The van der Waals surface area contributed by atoms with Crippen molar-refractivity contribution in [1.29, 1.82) is 0 Å². The number of aromatic nitrogens is 2. The molecule has 2 aromatic rings. The fourth-order valence-corrected chi connectivity index (χ4v) is 1.49. The van der Waals surface area contributed by atoms with Crippen LogP contribution in [0.3, 0.4) is 0 Å². The summed E-state index contributed by atoms with van der Waals surface area (Å²) >= 11 is 0. The first-order valence-corrected chi connectivity index (χ1v) is 5.27. The first-order chi connectivity index (χ1) is 8.18. The largest absolute Gasteiger partial charge is 0.398 e. The summed E-state index contributed by atoms with van der Waals surface area (Å²) in [6.07, 6.45) is 3.20. The number of hydrogen-bond acceptors (Lipinski definition) is 4. The minimum absolute atomic E-state index is 0.151. The second-order valence-corrected chi connectivity index (χ2v) is 3.74. The number of para-hydroxylation sites is 1. The third-order valence-electron chi connectivity index (χ3n) is 2.52. The molecule has 0 aliphatic carbocycles. The molecule has 1 aromatic carbocycles. The zero-order valence-electron chi connectivity index (χ0n) is 9.55. The van der Waals surface area contributed by atoms with E-state index < -0.39 is 0 Å². The van der Waals surface area contributed by atoms with E-state index in [-0.39, 0.29) is 5.56 Å². The molecule has 3 N–H and O–H groups in total. The van der Waals surface area contributed by atoms with E-state index in [9.17, 15) is 4.79 Å². The van der Waals surface area contributed by atoms with E-state index in [1.54, 1.807) is 19.4 Å². The smallest absolute Gasteiger partial charge is 0.293 e. The molecule has 2 rings (SSSR count). The zero-order valence-corrected chi connectivity index (χ0v) is 9.55. The maximum absolute atomic E-state index is 11.7. The molecule has 0 aliphatic rings. The van der Waals surface area contributed by atoms with Gasteiger partial charge in [0.2, 0.25) is 0 Å². The fourth-order valence-electron chi connectivity index (χ4n) is 1.49. The molecule has 1 heterocycles. The van der Waals surface area contributed by atoms with Crippen LogP contribution in [0, 0.1) is 0 Å². The normalized spacial score (nSPS) is 10.2. The number of nitrogens with two attached hydrogens (primary N) is 1. The third kappa shape index (κ3) is 2.44. The molecule has 0 bridgehead atoms. The van der Waals surface area contributed by atoms with Gasteiger partial charge in [0.1, 0.15) is 0 Å². The van der Waals surface area contributed by atoms with Crippen molar-refractivity contribution in [3.63, 3.8) is 0 Å². The van der Waals surface area contributed by atoms with Crippen molar-refractivity contribution < 1.29 is 0 Å². The van der Waals surface area contributed by atoms with E-state index in [0.29, 0.717) is 18.1 Å². The molecule has 1 aromatic heterocycles. The molecule has 0 saturated heterocycles. The number of anilines is 2. The van der Waals surface area contributed by atoms with Crippen LogP contribution in [0.5, 0.6) is 0 Å². The Hall–Kier alpha value is -2.30. The Morgan fingerprint density at radius 3 is 2.94 bits per heavy atom. The van der Waals surface area contributed by atoms with Crippen LogP contribution in [0.25, 0.3) is 0 Å². The average Bonchev–Trinajstić information content (AvgIpc) is 2.33. The van der Waals surface area contributed by atoms with E-state index in [2.05, 4.69) is 10.3 Å². The van der Waals surface area contributed by atoms with E-state index in [4.69, 9.17) is 5.73 Å². The fraction of sp³-hybridized carbons (Fsp3) is 0.167. The Morgan fingerprint density at radius 1 is 1.41 bits per heavy atom. The highest BCUT2D eigenvalue weighted by Crippen LogP contribution is 2.11. The topological polar surface area (TPSA) is 72.9 Å². The highest BCUT2D eigenvalue weighted by molar-refractivity contribution is 5.48. The number of nitrogens with one attached hydrogen (secondary N) is 1. The van der Waals surface area contributed by atoms with Gasteiger partial charge in [0, 0.05) is 31.7 Å². The molecule has 0 saturated carbocycles. The van der Waals surface area contributed by atoms with Crippen LogP contribution in [-0.2, 0) is 13.6 Å². The Morgan fingerprint density at radius 2 is 2.18 bits per heavy atom. The van der Waals surface area contributed by atoms with Crippen LogP contribution in [0.15, 0.2) is 41.5 Å². The highest BCUT2D eigenvalue weighted by Gasteiger charge is 2.03. The van der Waals surface area contributed by atoms with Gasteiger partial charge >= 0.3 is 0 Å². The summed E-state index contributed by atoms with van der Waals surface area (Å²) in [6.45, 7) is 0.485. The monoisotopic (exact) mass is 230 g/mol. The summed E-state index contributed by atoms with van der Waals surface area (Å²) in [4.78, 5) is 15.7. The summed E-state index contributed by atoms with van der Waals surface area (Å²) in [5.74, 6) is 0.332. The Balaban J connectivity index is 2.16. The number of nitrogens with zero attached hydrogens (tertiary/aromatic N) is 2. The number of aryl methyl sites for hydroxylation is 1. The van der Waals surface area contributed by atoms with Gasteiger partial charge in [0.05, 0.1) is 0 Å². The summed E-state index contributed by atoms with van der Waals surface area (Å²) in [5, 5.41) is 2.99. The second-order valence-electron chi connectivity index (χ2n) is 3.74. The molecule has 5 nitrogen and oxygen atoms in total. The SMILES string of the molecule is Cn1ccnc(NCc2ccccc2N)c1=O. The number of benzene rings is 1. The van der Waals surface area contributed by atoms with Gasteiger partial charge in [0.25, 0.3) is 5.56 Å². The van der Waals surface area contributed by atoms with Crippen LogP contribution < -0.4 is 16.6 Å². The average molecular weight is 230 g/mol. The van der Waals surface area contributed by atoms with Crippen LogP contribution in [0.2, 0.25) is 0 Å². The first-order valence-electron chi connectivity index (χ1n) is 5.27. The lowest BCUT2D eigenvalue weighted by Crippen LogP contribution is -2.21. The molecular formula is C12H14N4O. The summed E-state index contributed by atoms with van der Waals surface area (Å²) in [5.41, 5.74) is 7.30. The predicted octanol–water partition coefficient (Wildman–Crippen LogP) is 0.975. The van der Waals surface area contributed by atoms with E-state index >= 15 is 0 Å². The molecule has 0 unspecified atom stereocenters. The lowest BCUT2D eigenvalue weighted by molar-refractivity contribution is 0.839. The van der Waals surface area contributed by atoms with Gasteiger partial charge < -0.3 is 15.6 Å². The standard InChI is InChI=1S/C12H14N4O/c1-16-7-6-14-11(12(16)17)15-8-9-4-2-3-5-10(9)13/h2-7H,8,13H2,1H3,(H,14,15). The second kappa shape index (κ2) is 4.69. The van der Waals surface area contributed by atoms with Crippen molar-refractivity contribution in [2.75, 3.05) is 11.1 Å². The Labute approximate surface area is 98.9 Å². The summed E-state index contributed by atoms with van der Waals surface area (Å²) in [7, 11) is 1.69. The van der Waals surface area contributed by atoms with Crippen molar-refractivity contribution in [3.8, 4) is 0 Å². The van der Waals surface area contributed by atoms with Gasteiger partial charge in [0.15, 0.2) is 5.82 Å². The third-order valence-corrected chi connectivity index (χ3v) is 2.52. The number of rotatable bonds is 3. The quantitative estimate of drug-likeness (QED) is 0.771.